The Morgan fingerprint density at radius 2 is 2.00 bits per heavy atom. The van der Waals surface area contributed by atoms with Gasteiger partial charge in [0.1, 0.15) is 28.2 Å². The summed E-state index contributed by atoms with van der Waals surface area (Å²) in [4.78, 5) is 4.28. The van der Waals surface area contributed by atoms with E-state index < -0.39 is 16.1 Å². The Morgan fingerprint density at radius 3 is 2.79 bits per heavy atom. The highest BCUT2D eigenvalue weighted by Gasteiger charge is 2.50. The molecule has 1 N–H and O–H groups in total. The third kappa shape index (κ3) is 3.14. The molecule has 4 atom stereocenters. The monoisotopic (exact) mass is 419 g/mol. The fraction of sp³-hybridized carbons (Fsp3) is 0.353. The first kappa shape index (κ1) is 17.9. The van der Waals surface area contributed by atoms with Crippen molar-refractivity contribution in [3.05, 3.63) is 48.1 Å². The Bertz CT molecular complexity index is 1050. The number of rotatable bonds is 5. The molecule has 28 heavy (non-hydrogen) atoms. The molecule has 0 bridgehead atoms. The van der Waals surface area contributed by atoms with E-state index in [1.807, 2.05) is 24.4 Å². The van der Waals surface area contributed by atoms with Crippen molar-refractivity contribution in [3.63, 3.8) is 0 Å². The second-order valence-electron chi connectivity index (χ2n) is 6.62. The van der Waals surface area contributed by atoms with Crippen molar-refractivity contribution in [1.29, 1.82) is 0 Å². The number of sulfonamides is 1. The largest absolute Gasteiger partial charge is 0.371 e. The highest BCUT2D eigenvalue weighted by Crippen LogP contribution is 2.35. The Kier molecular flexibility index (Phi) is 4.48. The number of nitrogens with zero attached hydrogens (tertiary/aromatic N) is 4. The number of ether oxygens (including phenoxy) is 2. The molecule has 2 saturated heterocycles. The number of fused-ring (bicyclic) bond motifs is 1. The van der Waals surface area contributed by atoms with Gasteiger partial charge in [0.15, 0.2) is 0 Å². The second kappa shape index (κ2) is 7.01. The highest BCUT2D eigenvalue weighted by molar-refractivity contribution is 7.91. The van der Waals surface area contributed by atoms with Crippen molar-refractivity contribution in [2.24, 2.45) is 0 Å². The molecule has 9 nitrogen and oxygen atoms in total. The van der Waals surface area contributed by atoms with Crippen LogP contribution in [0.15, 0.2) is 52.3 Å². The molecule has 0 aliphatic carbocycles. The van der Waals surface area contributed by atoms with Gasteiger partial charge in [-0.05, 0) is 23.6 Å². The average Bonchev–Trinajstić information content (AvgIpc) is 3.48. The number of thiophene rings is 1. The number of nitrogens with one attached hydrogen (secondary N) is 1. The highest BCUT2D eigenvalue weighted by atomic mass is 32.2. The topological polar surface area (TPSA) is 108 Å². The van der Waals surface area contributed by atoms with Crippen LogP contribution >= 0.6 is 11.3 Å². The summed E-state index contributed by atoms with van der Waals surface area (Å²) in [6.45, 7) is 0.621. The first-order valence-electron chi connectivity index (χ1n) is 8.74. The van der Waals surface area contributed by atoms with E-state index in [-0.39, 0.29) is 29.1 Å². The van der Waals surface area contributed by atoms with Gasteiger partial charge in [-0.15, -0.1) is 16.4 Å². The maximum atomic E-state index is 12.5. The van der Waals surface area contributed by atoms with Crippen molar-refractivity contribution in [2.45, 2.75) is 28.5 Å². The summed E-state index contributed by atoms with van der Waals surface area (Å²) in [5.74, 6) is 0. The van der Waals surface area contributed by atoms with Gasteiger partial charge in [0.25, 0.3) is 0 Å². The molecule has 2 aliphatic rings. The van der Waals surface area contributed by atoms with E-state index in [9.17, 15) is 8.42 Å². The summed E-state index contributed by atoms with van der Waals surface area (Å²) in [6, 6.07) is 8.26. The van der Waals surface area contributed by atoms with Crippen LogP contribution in [0.1, 0.15) is 6.04 Å². The van der Waals surface area contributed by atoms with Crippen LogP contribution in [-0.2, 0) is 19.5 Å². The van der Waals surface area contributed by atoms with Gasteiger partial charge in [-0.25, -0.2) is 17.8 Å². The molecule has 0 amide bonds. The minimum Gasteiger partial charge on any atom is -0.371 e. The predicted molar refractivity (Wildman–Crippen MR) is 100 cm³/mol. The standard InChI is InChI=1S/C17H17N5O4S2/c23-28(24,15-5-3-7-27-15)20-13-9-25-17-14(10-26-16(13)17)22-8-12(19-21-22)11-4-1-2-6-18-11/h1-8,13-14,16-17,20H,9-10H2. The molecule has 2 aliphatic heterocycles. The number of pyridine rings is 1. The summed E-state index contributed by atoms with van der Waals surface area (Å²) in [5, 5.41) is 10.1. The smallest absolute Gasteiger partial charge is 0.250 e. The number of aromatic nitrogens is 4. The average molecular weight is 419 g/mol. The van der Waals surface area contributed by atoms with Crippen LogP contribution in [0.4, 0.5) is 0 Å². The van der Waals surface area contributed by atoms with E-state index in [2.05, 4.69) is 20.0 Å². The summed E-state index contributed by atoms with van der Waals surface area (Å²) in [5.41, 5.74) is 1.40. The van der Waals surface area contributed by atoms with Gasteiger partial charge >= 0.3 is 0 Å². The molecule has 4 unspecified atom stereocenters. The van der Waals surface area contributed by atoms with Gasteiger partial charge in [-0.2, -0.15) is 0 Å². The third-order valence-corrected chi connectivity index (χ3v) is 7.76. The summed E-state index contributed by atoms with van der Waals surface area (Å²) >= 11 is 1.18. The molecule has 3 aromatic heterocycles. The lowest BCUT2D eigenvalue weighted by atomic mass is 10.1. The van der Waals surface area contributed by atoms with Crippen LogP contribution in [0.2, 0.25) is 0 Å². The fourth-order valence-electron chi connectivity index (χ4n) is 3.55. The van der Waals surface area contributed by atoms with Gasteiger partial charge in [0.2, 0.25) is 10.0 Å². The number of hydrogen-bond acceptors (Lipinski definition) is 8. The van der Waals surface area contributed by atoms with Crippen molar-refractivity contribution < 1.29 is 17.9 Å². The normalized spacial score (nSPS) is 27.1. The van der Waals surface area contributed by atoms with Crippen LogP contribution in [0.25, 0.3) is 11.4 Å². The third-order valence-electron chi connectivity index (χ3n) is 4.87. The zero-order valence-electron chi connectivity index (χ0n) is 14.6. The van der Waals surface area contributed by atoms with Crippen LogP contribution in [0, 0.1) is 0 Å². The van der Waals surface area contributed by atoms with Gasteiger partial charge in [-0.3, -0.25) is 4.98 Å². The summed E-state index contributed by atoms with van der Waals surface area (Å²) in [6.07, 6.45) is 2.84. The zero-order valence-corrected chi connectivity index (χ0v) is 16.2. The molecular weight excluding hydrogens is 402 g/mol. The van der Waals surface area contributed by atoms with E-state index in [4.69, 9.17) is 9.47 Å². The molecule has 0 radical (unpaired) electrons. The molecule has 0 spiro atoms. The lowest BCUT2D eigenvalue weighted by molar-refractivity contribution is 0.0624. The van der Waals surface area contributed by atoms with E-state index in [0.29, 0.717) is 12.3 Å². The van der Waals surface area contributed by atoms with Gasteiger partial charge < -0.3 is 9.47 Å². The summed E-state index contributed by atoms with van der Waals surface area (Å²) < 4.78 is 41.5. The Balaban J connectivity index is 1.32. The molecule has 5 rings (SSSR count). The molecule has 0 aromatic carbocycles. The fourth-order valence-corrected chi connectivity index (χ4v) is 5.79. The lowest BCUT2D eigenvalue weighted by Gasteiger charge is -2.17. The van der Waals surface area contributed by atoms with Gasteiger partial charge in [0, 0.05) is 6.20 Å². The van der Waals surface area contributed by atoms with Gasteiger partial charge in [-0.1, -0.05) is 17.3 Å². The van der Waals surface area contributed by atoms with E-state index in [1.54, 1.807) is 28.4 Å². The van der Waals surface area contributed by atoms with E-state index >= 15 is 0 Å². The molecule has 2 fully saturated rings. The van der Waals surface area contributed by atoms with Gasteiger partial charge in [0.05, 0.1) is 31.1 Å². The molecule has 3 aromatic rings. The SMILES string of the molecule is O=S(=O)(NC1COC2C1OCC2n1cc(-c2ccccn2)nn1)c1cccs1. The van der Waals surface area contributed by atoms with Crippen molar-refractivity contribution in [3.8, 4) is 11.4 Å². The number of hydrogen-bond donors (Lipinski definition) is 1. The zero-order chi connectivity index (χ0) is 19.1. The van der Waals surface area contributed by atoms with Crippen molar-refractivity contribution in [2.75, 3.05) is 13.2 Å². The molecule has 146 valence electrons. The minimum absolute atomic E-state index is 0.175. The Morgan fingerprint density at radius 1 is 1.11 bits per heavy atom. The Hall–Kier alpha value is -2.18. The lowest BCUT2D eigenvalue weighted by Crippen LogP contribution is -2.43. The Labute approximate surface area is 165 Å². The van der Waals surface area contributed by atoms with Crippen LogP contribution < -0.4 is 4.72 Å². The quantitative estimate of drug-likeness (QED) is 0.659. The minimum atomic E-state index is -3.59. The first-order valence-corrected chi connectivity index (χ1v) is 11.1. The van der Waals surface area contributed by atoms with Crippen LogP contribution in [-0.4, -0.2) is 59.9 Å². The van der Waals surface area contributed by atoms with E-state index in [1.165, 1.54) is 11.3 Å². The molecule has 11 heteroatoms. The van der Waals surface area contributed by atoms with Crippen LogP contribution in [0.3, 0.4) is 0 Å². The summed E-state index contributed by atoms with van der Waals surface area (Å²) in [7, 11) is -3.59. The molecular formula is C17H17N5O4S2. The molecule has 5 heterocycles. The first-order chi connectivity index (χ1) is 13.6. The van der Waals surface area contributed by atoms with Crippen LogP contribution in [0.5, 0.6) is 0 Å². The second-order valence-corrected chi connectivity index (χ2v) is 9.51. The van der Waals surface area contributed by atoms with E-state index in [0.717, 1.165) is 5.69 Å². The van der Waals surface area contributed by atoms with Crippen molar-refractivity contribution in [1.82, 2.24) is 24.7 Å². The predicted octanol–water partition coefficient (Wildman–Crippen LogP) is 1.09. The van der Waals surface area contributed by atoms with Crippen molar-refractivity contribution >= 4 is 21.4 Å². The maximum absolute atomic E-state index is 12.5. The maximum Gasteiger partial charge on any atom is 0.250 e. The molecule has 0 saturated carbocycles.